The van der Waals surface area contributed by atoms with Gasteiger partial charge in [-0.3, -0.25) is 4.79 Å². The van der Waals surface area contributed by atoms with E-state index in [4.69, 9.17) is 0 Å². The fourth-order valence-corrected chi connectivity index (χ4v) is 2.85. The molecule has 1 amide bonds. The summed E-state index contributed by atoms with van der Waals surface area (Å²) in [7, 11) is 0. The molecule has 1 aliphatic rings. The predicted molar refractivity (Wildman–Crippen MR) is 73.2 cm³/mol. The topological polar surface area (TPSA) is 20.3 Å². The lowest BCUT2D eigenvalue weighted by Gasteiger charge is -2.19. The number of benzene rings is 1. The molecule has 0 N–H and O–H groups in total. The van der Waals surface area contributed by atoms with Gasteiger partial charge in [-0.1, -0.05) is 38.8 Å². The average molecular weight is 347 g/mol. The fourth-order valence-electron chi connectivity index (χ4n) is 1.98. The van der Waals surface area contributed by atoms with Crippen LogP contribution in [0.4, 0.5) is 5.69 Å². The van der Waals surface area contributed by atoms with E-state index in [2.05, 4.69) is 44.8 Å². The van der Waals surface area contributed by atoms with E-state index in [1.165, 1.54) is 5.56 Å². The van der Waals surface area contributed by atoms with Gasteiger partial charge in [0.15, 0.2) is 0 Å². The van der Waals surface area contributed by atoms with Gasteiger partial charge < -0.3 is 4.90 Å². The first-order valence-corrected chi connectivity index (χ1v) is 7.08. The van der Waals surface area contributed by atoms with Crippen molar-refractivity contribution in [2.75, 3.05) is 11.4 Å². The number of carbonyl (C=O) groups excluding carboxylic acids is 1. The molecule has 2 nitrogen and oxygen atoms in total. The van der Waals surface area contributed by atoms with Crippen LogP contribution in [0.5, 0.6) is 0 Å². The highest BCUT2D eigenvalue weighted by Gasteiger charge is 2.31. The highest BCUT2D eigenvalue weighted by atomic mass is 79.9. The molecule has 1 heterocycles. The first kappa shape index (κ1) is 12.1. The molecule has 0 aromatic heterocycles. The van der Waals surface area contributed by atoms with Gasteiger partial charge in [0.05, 0.1) is 4.83 Å². The Morgan fingerprint density at radius 2 is 2.25 bits per heavy atom. The van der Waals surface area contributed by atoms with Crippen LogP contribution in [0.25, 0.3) is 0 Å². The Bertz CT molecular complexity index is 419. The molecule has 0 bridgehead atoms. The summed E-state index contributed by atoms with van der Waals surface area (Å²) in [5.74, 6) is 0.178. The minimum absolute atomic E-state index is 0.0131. The number of aryl methyl sites for hydroxylation is 1. The van der Waals surface area contributed by atoms with Crippen molar-refractivity contribution in [2.24, 2.45) is 0 Å². The van der Waals surface area contributed by atoms with Crippen LogP contribution in [0.2, 0.25) is 0 Å². The van der Waals surface area contributed by atoms with Gasteiger partial charge in [0.25, 0.3) is 0 Å². The summed E-state index contributed by atoms with van der Waals surface area (Å²) in [5.41, 5.74) is 2.27. The van der Waals surface area contributed by atoms with Crippen LogP contribution in [0.3, 0.4) is 0 Å². The fraction of sp³-hybridized carbons (Fsp3) is 0.417. The number of anilines is 1. The minimum Gasteiger partial charge on any atom is -0.311 e. The summed E-state index contributed by atoms with van der Waals surface area (Å²) in [6, 6.07) is 6.10. The second-order valence-corrected chi connectivity index (χ2v) is 5.89. The van der Waals surface area contributed by atoms with Crippen molar-refractivity contribution >= 4 is 43.5 Å². The van der Waals surface area contributed by atoms with E-state index < -0.39 is 0 Å². The first-order valence-electron chi connectivity index (χ1n) is 5.37. The highest BCUT2D eigenvalue weighted by molar-refractivity contribution is 9.10. The molecule has 1 fully saturated rings. The van der Waals surface area contributed by atoms with Gasteiger partial charge in [0, 0.05) is 16.7 Å². The third-order valence-electron chi connectivity index (χ3n) is 2.85. The molecule has 1 unspecified atom stereocenters. The Morgan fingerprint density at radius 3 is 2.81 bits per heavy atom. The molecule has 1 aromatic carbocycles. The number of carbonyl (C=O) groups is 1. The van der Waals surface area contributed by atoms with E-state index in [1.54, 1.807) is 0 Å². The molecule has 0 radical (unpaired) electrons. The number of hydrogen-bond donors (Lipinski definition) is 0. The Balaban J connectivity index is 2.37. The molecule has 1 aliphatic heterocycles. The van der Waals surface area contributed by atoms with Crippen LogP contribution in [-0.4, -0.2) is 17.3 Å². The van der Waals surface area contributed by atoms with E-state index in [9.17, 15) is 4.79 Å². The van der Waals surface area contributed by atoms with E-state index in [0.717, 1.165) is 29.5 Å². The Labute approximate surface area is 112 Å². The van der Waals surface area contributed by atoms with Gasteiger partial charge in [-0.2, -0.15) is 0 Å². The van der Waals surface area contributed by atoms with Crippen molar-refractivity contribution in [1.82, 2.24) is 0 Å². The van der Waals surface area contributed by atoms with E-state index >= 15 is 0 Å². The molecule has 1 atom stereocenters. The standard InChI is InChI=1S/C12H13Br2NO/c1-2-8-7-9(13)3-4-11(8)15-6-5-10(14)12(15)16/h3-4,7,10H,2,5-6H2,1H3. The number of hydrogen-bond acceptors (Lipinski definition) is 1. The van der Waals surface area contributed by atoms with Crippen LogP contribution in [0, 0.1) is 0 Å². The minimum atomic E-state index is -0.0131. The van der Waals surface area contributed by atoms with Crippen molar-refractivity contribution < 1.29 is 4.79 Å². The maximum atomic E-state index is 11.9. The van der Waals surface area contributed by atoms with Gasteiger partial charge in [-0.15, -0.1) is 0 Å². The molecule has 1 saturated heterocycles. The second kappa shape index (κ2) is 4.88. The van der Waals surface area contributed by atoms with E-state index in [-0.39, 0.29) is 10.7 Å². The van der Waals surface area contributed by atoms with Crippen molar-refractivity contribution in [3.05, 3.63) is 28.2 Å². The summed E-state index contributed by atoms with van der Waals surface area (Å²) >= 11 is 6.86. The molecule has 0 aliphatic carbocycles. The molecule has 4 heteroatoms. The third kappa shape index (κ3) is 2.18. The lowest BCUT2D eigenvalue weighted by atomic mass is 10.1. The van der Waals surface area contributed by atoms with Crippen molar-refractivity contribution in [3.63, 3.8) is 0 Å². The number of alkyl halides is 1. The number of halogens is 2. The third-order valence-corrected chi connectivity index (χ3v) is 4.20. The summed E-state index contributed by atoms with van der Waals surface area (Å²) < 4.78 is 1.06. The zero-order valence-electron chi connectivity index (χ0n) is 9.04. The van der Waals surface area contributed by atoms with Crippen LogP contribution in [0.15, 0.2) is 22.7 Å². The van der Waals surface area contributed by atoms with Crippen molar-refractivity contribution in [2.45, 2.75) is 24.6 Å². The normalized spacial score (nSPS) is 20.6. The molecule has 16 heavy (non-hydrogen) atoms. The summed E-state index contributed by atoms with van der Waals surface area (Å²) in [5, 5.41) is 0. The smallest absolute Gasteiger partial charge is 0.240 e. The highest BCUT2D eigenvalue weighted by Crippen LogP contribution is 2.30. The van der Waals surface area contributed by atoms with Crippen LogP contribution < -0.4 is 4.90 Å². The first-order chi connectivity index (χ1) is 7.63. The lowest BCUT2D eigenvalue weighted by molar-refractivity contribution is -0.116. The zero-order valence-corrected chi connectivity index (χ0v) is 12.2. The van der Waals surface area contributed by atoms with Gasteiger partial charge in [-0.25, -0.2) is 0 Å². The van der Waals surface area contributed by atoms with Crippen molar-refractivity contribution in [1.29, 1.82) is 0 Å². The molecule has 1 aromatic rings. The monoisotopic (exact) mass is 345 g/mol. The number of amides is 1. The molecular weight excluding hydrogens is 334 g/mol. The zero-order chi connectivity index (χ0) is 11.7. The van der Waals surface area contributed by atoms with Crippen LogP contribution in [-0.2, 0) is 11.2 Å². The lowest BCUT2D eigenvalue weighted by Crippen LogP contribution is -2.27. The van der Waals surface area contributed by atoms with E-state index in [1.807, 2.05) is 17.0 Å². The van der Waals surface area contributed by atoms with Crippen LogP contribution in [0.1, 0.15) is 18.9 Å². The number of rotatable bonds is 2. The Morgan fingerprint density at radius 1 is 1.50 bits per heavy atom. The largest absolute Gasteiger partial charge is 0.311 e. The average Bonchev–Trinajstić information content (AvgIpc) is 2.60. The Hall–Kier alpha value is -0.350. The maximum absolute atomic E-state index is 11.9. The van der Waals surface area contributed by atoms with Crippen molar-refractivity contribution in [3.8, 4) is 0 Å². The SMILES string of the molecule is CCc1cc(Br)ccc1N1CCC(Br)C1=O. The molecule has 86 valence electrons. The summed E-state index contributed by atoms with van der Waals surface area (Å²) in [4.78, 5) is 13.8. The van der Waals surface area contributed by atoms with Crippen LogP contribution >= 0.6 is 31.9 Å². The van der Waals surface area contributed by atoms with Gasteiger partial charge in [-0.05, 0) is 36.6 Å². The summed E-state index contributed by atoms with van der Waals surface area (Å²) in [6.45, 7) is 2.92. The second-order valence-electron chi connectivity index (χ2n) is 3.87. The van der Waals surface area contributed by atoms with E-state index in [0.29, 0.717) is 0 Å². The van der Waals surface area contributed by atoms with Gasteiger partial charge in [0.1, 0.15) is 0 Å². The Kier molecular flexibility index (Phi) is 3.70. The molecule has 0 saturated carbocycles. The maximum Gasteiger partial charge on any atom is 0.240 e. The number of nitrogens with zero attached hydrogens (tertiary/aromatic N) is 1. The summed E-state index contributed by atoms with van der Waals surface area (Å²) in [6.07, 6.45) is 1.82. The predicted octanol–water partition coefficient (Wildman–Crippen LogP) is 3.51. The van der Waals surface area contributed by atoms with Gasteiger partial charge >= 0.3 is 0 Å². The quantitative estimate of drug-likeness (QED) is 0.750. The molecule has 0 spiro atoms. The van der Waals surface area contributed by atoms with Gasteiger partial charge in [0.2, 0.25) is 5.91 Å². The molecule has 2 rings (SSSR count). The molecular formula is C12H13Br2NO.